The number of hydrogen-bond acceptors (Lipinski definition) is 4. The molecule has 0 spiro atoms. The van der Waals surface area contributed by atoms with Crippen LogP contribution in [0.1, 0.15) is 38.7 Å². The molecule has 0 aliphatic heterocycles. The molecule has 0 aliphatic rings. The highest BCUT2D eigenvalue weighted by Crippen LogP contribution is 2.22. The summed E-state index contributed by atoms with van der Waals surface area (Å²) in [5.41, 5.74) is 1.53. The fraction of sp³-hybridized carbons (Fsp3) is 0.440. The van der Waals surface area contributed by atoms with Crippen LogP contribution >= 0.6 is 11.6 Å². The largest absolute Gasteiger partial charge is 0.354 e. The molecule has 0 saturated heterocycles. The molecule has 0 aromatic heterocycles. The van der Waals surface area contributed by atoms with Crippen molar-refractivity contribution in [3.63, 3.8) is 0 Å². The van der Waals surface area contributed by atoms with Gasteiger partial charge in [0.05, 0.1) is 11.9 Å². The number of rotatable bonds is 13. The highest BCUT2D eigenvalue weighted by molar-refractivity contribution is 7.92. The molecule has 9 heteroatoms. The van der Waals surface area contributed by atoms with E-state index in [4.69, 9.17) is 11.6 Å². The molecule has 2 aromatic carbocycles. The first-order chi connectivity index (χ1) is 16.1. The zero-order valence-corrected chi connectivity index (χ0v) is 21.6. The van der Waals surface area contributed by atoms with Crippen molar-refractivity contribution in [1.29, 1.82) is 0 Å². The quantitative estimate of drug-likeness (QED) is 0.446. The smallest absolute Gasteiger partial charge is 0.242 e. The third-order valence-corrected chi connectivity index (χ3v) is 6.88. The molecule has 1 unspecified atom stereocenters. The number of carbonyl (C=O) groups excluding carboxylic acids is 2. The van der Waals surface area contributed by atoms with Gasteiger partial charge in [0.25, 0.3) is 0 Å². The van der Waals surface area contributed by atoms with E-state index in [0.717, 1.165) is 18.2 Å². The molecule has 186 valence electrons. The van der Waals surface area contributed by atoms with Crippen molar-refractivity contribution in [3.05, 3.63) is 65.2 Å². The van der Waals surface area contributed by atoms with Gasteiger partial charge in [-0.25, -0.2) is 8.42 Å². The van der Waals surface area contributed by atoms with Crippen LogP contribution in [0.2, 0.25) is 5.02 Å². The number of hydrogen-bond donors (Lipinski definition) is 1. The lowest BCUT2D eigenvalue weighted by Gasteiger charge is -2.29. The van der Waals surface area contributed by atoms with E-state index in [0.29, 0.717) is 36.6 Å². The molecular weight excluding hydrogens is 474 g/mol. The molecule has 1 atom stereocenters. The molecule has 0 aliphatic carbocycles. The van der Waals surface area contributed by atoms with Gasteiger partial charge in [-0.05, 0) is 49.9 Å². The molecule has 1 N–H and O–H groups in total. The maximum atomic E-state index is 13.2. The van der Waals surface area contributed by atoms with Gasteiger partial charge in [-0.2, -0.15) is 0 Å². The van der Waals surface area contributed by atoms with Crippen LogP contribution in [-0.4, -0.2) is 57.1 Å². The normalized spacial score (nSPS) is 12.1. The summed E-state index contributed by atoms with van der Waals surface area (Å²) in [6.07, 6.45) is 2.98. The molecular formula is C25H34ClN3O4S. The lowest BCUT2D eigenvalue weighted by Crippen LogP contribution is -2.49. The van der Waals surface area contributed by atoms with Gasteiger partial charge in [0.1, 0.15) is 6.04 Å². The fourth-order valence-electron chi connectivity index (χ4n) is 3.60. The number of nitrogens with one attached hydrogen (secondary N) is 1. The van der Waals surface area contributed by atoms with Crippen LogP contribution in [-0.2, 0) is 26.0 Å². The average molecular weight is 508 g/mol. The second-order valence-electron chi connectivity index (χ2n) is 8.21. The van der Waals surface area contributed by atoms with Crippen LogP contribution in [0, 0.1) is 0 Å². The van der Waals surface area contributed by atoms with Crippen molar-refractivity contribution >= 4 is 39.1 Å². The maximum Gasteiger partial charge on any atom is 0.242 e. The number of nitrogens with zero attached hydrogens (tertiary/aromatic N) is 2. The van der Waals surface area contributed by atoms with Gasteiger partial charge >= 0.3 is 0 Å². The lowest BCUT2D eigenvalue weighted by atomic mass is 10.1. The standard InChI is InChI=1S/C25H34ClN3O4S/c1-4-16-27-25(31)20(2)28(18-15-21-10-6-5-7-11-21)24(30)14-9-17-29(34(3,32)33)23-13-8-12-22(26)19-23/h5-8,10-13,19-20H,4,9,14-18H2,1-3H3,(H,27,31). The second kappa shape index (κ2) is 13.3. The predicted octanol–water partition coefficient (Wildman–Crippen LogP) is 3.87. The minimum atomic E-state index is -3.55. The van der Waals surface area contributed by atoms with E-state index >= 15 is 0 Å². The summed E-state index contributed by atoms with van der Waals surface area (Å²) in [6.45, 7) is 4.77. The maximum absolute atomic E-state index is 13.2. The van der Waals surface area contributed by atoms with E-state index in [1.54, 1.807) is 36.1 Å². The first-order valence-corrected chi connectivity index (χ1v) is 13.7. The van der Waals surface area contributed by atoms with E-state index in [2.05, 4.69) is 5.32 Å². The minimum Gasteiger partial charge on any atom is -0.354 e. The van der Waals surface area contributed by atoms with E-state index in [9.17, 15) is 18.0 Å². The summed E-state index contributed by atoms with van der Waals surface area (Å²) in [4.78, 5) is 27.3. The van der Waals surface area contributed by atoms with Gasteiger partial charge < -0.3 is 10.2 Å². The predicted molar refractivity (Wildman–Crippen MR) is 137 cm³/mol. The van der Waals surface area contributed by atoms with Crippen molar-refractivity contribution in [2.75, 3.05) is 30.2 Å². The Morgan fingerprint density at radius 3 is 2.38 bits per heavy atom. The first kappa shape index (κ1) is 27.7. The van der Waals surface area contributed by atoms with Gasteiger partial charge in [-0.1, -0.05) is 54.9 Å². The zero-order chi connectivity index (χ0) is 25.1. The summed E-state index contributed by atoms with van der Waals surface area (Å²) < 4.78 is 25.9. The number of anilines is 1. The van der Waals surface area contributed by atoms with E-state index < -0.39 is 16.1 Å². The molecule has 2 aromatic rings. The summed E-state index contributed by atoms with van der Waals surface area (Å²) in [6, 6.07) is 15.8. The number of carbonyl (C=O) groups is 2. The Hall–Kier alpha value is -2.58. The average Bonchev–Trinajstić information content (AvgIpc) is 2.80. The van der Waals surface area contributed by atoms with Gasteiger partial charge in [0.15, 0.2) is 0 Å². The van der Waals surface area contributed by atoms with E-state index in [1.807, 2.05) is 37.3 Å². The highest BCUT2D eigenvalue weighted by Gasteiger charge is 2.26. The number of amides is 2. The second-order valence-corrected chi connectivity index (χ2v) is 10.6. The Morgan fingerprint density at radius 2 is 1.76 bits per heavy atom. The third kappa shape index (κ3) is 8.65. The Kier molecular flexibility index (Phi) is 10.9. The van der Waals surface area contributed by atoms with Gasteiger partial charge in [0.2, 0.25) is 21.8 Å². The number of benzene rings is 2. The molecule has 0 radical (unpaired) electrons. The Balaban J connectivity index is 2.09. The van der Waals surface area contributed by atoms with Gasteiger partial charge in [-0.3, -0.25) is 13.9 Å². The highest BCUT2D eigenvalue weighted by atomic mass is 35.5. The topological polar surface area (TPSA) is 86.8 Å². The van der Waals surface area contributed by atoms with Crippen LogP contribution in [0.5, 0.6) is 0 Å². The van der Waals surface area contributed by atoms with Crippen molar-refractivity contribution in [1.82, 2.24) is 10.2 Å². The Morgan fingerprint density at radius 1 is 1.06 bits per heavy atom. The van der Waals surface area contributed by atoms with Crippen molar-refractivity contribution in [3.8, 4) is 0 Å². The van der Waals surface area contributed by atoms with Crippen LogP contribution in [0.25, 0.3) is 0 Å². The van der Waals surface area contributed by atoms with Gasteiger partial charge in [-0.15, -0.1) is 0 Å². The van der Waals surface area contributed by atoms with Crippen LogP contribution in [0.3, 0.4) is 0 Å². The molecule has 0 fully saturated rings. The first-order valence-electron chi connectivity index (χ1n) is 11.5. The van der Waals surface area contributed by atoms with Crippen LogP contribution < -0.4 is 9.62 Å². The minimum absolute atomic E-state index is 0.118. The number of halogens is 1. The lowest BCUT2D eigenvalue weighted by molar-refractivity contribution is -0.139. The number of sulfonamides is 1. The van der Waals surface area contributed by atoms with Crippen molar-refractivity contribution < 1.29 is 18.0 Å². The summed E-state index contributed by atoms with van der Waals surface area (Å²) in [5.74, 6) is -0.380. The molecule has 7 nitrogen and oxygen atoms in total. The van der Waals surface area contributed by atoms with Crippen LogP contribution in [0.4, 0.5) is 5.69 Å². The molecule has 2 amide bonds. The monoisotopic (exact) mass is 507 g/mol. The van der Waals surface area contributed by atoms with Gasteiger partial charge in [0, 0.05) is 31.1 Å². The third-order valence-electron chi connectivity index (χ3n) is 5.45. The molecule has 0 heterocycles. The summed E-state index contributed by atoms with van der Waals surface area (Å²) in [5, 5.41) is 3.29. The molecule has 2 rings (SSSR count). The zero-order valence-electron chi connectivity index (χ0n) is 20.0. The molecule has 0 bridgehead atoms. The summed E-state index contributed by atoms with van der Waals surface area (Å²) >= 11 is 6.03. The van der Waals surface area contributed by atoms with Crippen molar-refractivity contribution in [2.45, 2.75) is 45.6 Å². The SMILES string of the molecule is CCCNC(=O)C(C)N(CCc1ccccc1)C(=O)CCCN(c1cccc(Cl)c1)S(C)(=O)=O. The van der Waals surface area contributed by atoms with E-state index in [-0.39, 0.29) is 24.8 Å². The van der Waals surface area contributed by atoms with E-state index in [1.165, 1.54) is 4.31 Å². The Bertz CT molecular complexity index is 1050. The molecule has 34 heavy (non-hydrogen) atoms. The summed E-state index contributed by atoms with van der Waals surface area (Å²) in [7, 11) is -3.55. The Labute approximate surface area is 208 Å². The molecule has 0 saturated carbocycles. The van der Waals surface area contributed by atoms with Crippen LogP contribution in [0.15, 0.2) is 54.6 Å². The van der Waals surface area contributed by atoms with Crippen molar-refractivity contribution in [2.24, 2.45) is 0 Å². The fourth-order valence-corrected chi connectivity index (χ4v) is 4.74.